The number of urea groups is 1. The van der Waals surface area contributed by atoms with Gasteiger partial charge in [0.15, 0.2) is 5.82 Å². The number of aromatic nitrogens is 3. The zero-order valence-corrected chi connectivity index (χ0v) is 16.5. The molecule has 0 unspecified atom stereocenters. The first-order chi connectivity index (χ1) is 14.6. The minimum Gasteiger partial charge on any atom is -0.381 e. The van der Waals surface area contributed by atoms with E-state index in [1.165, 1.54) is 12.4 Å². The number of halogens is 1. The van der Waals surface area contributed by atoms with E-state index < -0.39 is 0 Å². The zero-order chi connectivity index (χ0) is 20.8. The van der Waals surface area contributed by atoms with Crippen LogP contribution in [-0.4, -0.2) is 41.0 Å². The molecule has 156 valence electrons. The van der Waals surface area contributed by atoms with Crippen LogP contribution >= 0.6 is 0 Å². The number of hydrogen-bond acceptors (Lipinski definition) is 4. The number of nitrogens with zero attached hydrogens (tertiary/aromatic N) is 2. The van der Waals surface area contributed by atoms with E-state index in [0.29, 0.717) is 32.1 Å². The number of rotatable bonds is 6. The Morgan fingerprint density at radius 3 is 2.73 bits per heavy atom. The van der Waals surface area contributed by atoms with Crippen molar-refractivity contribution in [3.8, 4) is 11.4 Å². The Balaban J connectivity index is 1.37. The van der Waals surface area contributed by atoms with Crippen molar-refractivity contribution in [3.63, 3.8) is 0 Å². The largest absolute Gasteiger partial charge is 0.381 e. The van der Waals surface area contributed by atoms with Crippen LogP contribution in [0.5, 0.6) is 0 Å². The quantitative estimate of drug-likeness (QED) is 0.583. The maximum absolute atomic E-state index is 13.8. The molecule has 4 rings (SSSR count). The van der Waals surface area contributed by atoms with Gasteiger partial charge in [0.1, 0.15) is 12.1 Å². The van der Waals surface area contributed by atoms with Crippen LogP contribution in [0.4, 0.5) is 9.18 Å². The molecule has 7 nitrogen and oxygen atoms in total. The molecule has 1 aromatic heterocycles. The molecule has 3 aromatic rings. The van der Waals surface area contributed by atoms with Gasteiger partial charge in [-0.25, -0.2) is 14.2 Å². The summed E-state index contributed by atoms with van der Waals surface area (Å²) in [5, 5.41) is 12.5. The van der Waals surface area contributed by atoms with Gasteiger partial charge in [-0.1, -0.05) is 30.3 Å². The maximum Gasteiger partial charge on any atom is 0.315 e. The van der Waals surface area contributed by atoms with Gasteiger partial charge < -0.3 is 15.4 Å². The van der Waals surface area contributed by atoms with Crippen LogP contribution in [0.15, 0.2) is 54.9 Å². The second kappa shape index (κ2) is 9.04. The van der Waals surface area contributed by atoms with Crippen LogP contribution < -0.4 is 10.6 Å². The Morgan fingerprint density at radius 2 is 1.97 bits per heavy atom. The molecule has 2 amide bonds. The standard InChI is InChI=1S/C22H24FN5O2/c23-19-6-2-5-18(12-19)22(7-9-30-10-8-22)14-25-21(29)24-13-16-3-1-4-17(11-16)20-26-15-27-28-20/h1-6,11-12,15H,7-10,13-14H2,(H2,24,25,29)(H,26,27,28). The summed E-state index contributed by atoms with van der Waals surface area (Å²) >= 11 is 0. The van der Waals surface area contributed by atoms with E-state index in [1.807, 2.05) is 30.3 Å². The first-order valence-corrected chi connectivity index (χ1v) is 9.95. The van der Waals surface area contributed by atoms with E-state index in [-0.39, 0.29) is 17.3 Å². The van der Waals surface area contributed by atoms with Crippen molar-refractivity contribution in [2.45, 2.75) is 24.8 Å². The Labute approximate surface area is 174 Å². The fraction of sp³-hybridized carbons (Fsp3) is 0.318. The lowest BCUT2D eigenvalue weighted by atomic mass is 9.74. The first kappa shape index (κ1) is 20.0. The van der Waals surface area contributed by atoms with E-state index in [1.54, 1.807) is 12.1 Å². The second-order valence-corrected chi connectivity index (χ2v) is 7.47. The molecule has 0 atom stereocenters. The number of benzene rings is 2. The molecule has 0 spiro atoms. The predicted octanol–water partition coefficient (Wildman–Crippen LogP) is 3.16. The van der Waals surface area contributed by atoms with Crippen LogP contribution in [0.25, 0.3) is 11.4 Å². The summed E-state index contributed by atoms with van der Waals surface area (Å²) in [5.41, 5.74) is 2.42. The van der Waals surface area contributed by atoms with Gasteiger partial charge in [-0.2, -0.15) is 5.10 Å². The number of ether oxygens (including phenoxy) is 1. The minimum absolute atomic E-state index is 0.262. The van der Waals surface area contributed by atoms with Crippen LogP contribution in [-0.2, 0) is 16.7 Å². The van der Waals surface area contributed by atoms with E-state index in [4.69, 9.17) is 4.74 Å². The highest BCUT2D eigenvalue weighted by Crippen LogP contribution is 2.34. The van der Waals surface area contributed by atoms with Crippen LogP contribution in [0.3, 0.4) is 0 Å². The van der Waals surface area contributed by atoms with Gasteiger partial charge in [-0.15, -0.1) is 0 Å². The summed E-state index contributed by atoms with van der Waals surface area (Å²) in [6.45, 7) is 1.98. The lowest BCUT2D eigenvalue weighted by Crippen LogP contribution is -2.47. The van der Waals surface area contributed by atoms with Crippen molar-refractivity contribution in [2.24, 2.45) is 0 Å². The van der Waals surface area contributed by atoms with Gasteiger partial charge >= 0.3 is 6.03 Å². The first-order valence-electron chi connectivity index (χ1n) is 9.95. The van der Waals surface area contributed by atoms with Gasteiger partial charge in [-0.05, 0) is 42.2 Å². The smallest absolute Gasteiger partial charge is 0.315 e. The second-order valence-electron chi connectivity index (χ2n) is 7.47. The lowest BCUT2D eigenvalue weighted by Gasteiger charge is -2.38. The molecular weight excluding hydrogens is 385 g/mol. The number of amides is 2. The summed E-state index contributed by atoms with van der Waals surface area (Å²) in [6, 6.07) is 14.1. The molecule has 1 fully saturated rings. The van der Waals surface area contributed by atoms with Crippen molar-refractivity contribution in [2.75, 3.05) is 19.8 Å². The van der Waals surface area contributed by atoms with E-state index in [0.717, 1.165) is 29.5 Å². The molecular formula is C22H24FN5O2. The molecule has 0 saturated carbocycles. The van der Waals surface area contributed by atoms with E-state index >= 15 is 0 Å². The summed E-state index contributed by atoms with van der Waals surface area (Å²) in [5.74, 6) is 0.410. The Hall–Kier alpha value is -3.26. The molecule has 30 heavy (non-hydrogen) atoms. The van der Waals surface area contributed by atoms with Gasteiger partial charge in [0.25, 0.3) is 0 Å². The Kier molecular flexibility index (Phi) is 6.04. The number of carbonyl (C=O) groups is 1. The van der Waals surface area contributed by atoms with Gasteiger partial charge in [-0.3, -0.25) is 5.10 Å². The summed E-state index contributed by atoms with van der Waals surface area (Å²) < 4.78 is 19.3. The van der Waals surface area contributed by atoms with Crippen molar-refractivity contribution in [1.82, 2.24) is 25.8 Å². The summed E-state index contributed by atoms with van der Waals surface area (Å²) in [7, 11) is 0. The summed E-state index contributed by atoms with van der Waals surface area (Å²) in [4.78, 5) is 16.6. The third-order valence-electron chi connectivity index (χ3n) is 5.54. The molecule has 0 bridgehead atoms. The minimum atomic E-state index is -0.329. The summed E-state index contributed by atoms with van der Waals surface area (Å²) in [6.07, 6.45) is 2.92. The number of hydrogen-bond donors (Lipinski definition) is 3. The fourth-order valence-electron chi connectivity index (χ4n) is 3.82. The monoisotopic (exact) mass is 409 g/mol. The average Bonchev–Trinajstić information content (AvgIpc) is 3.32. The van der Waals surface area contributed by atoms with E-state index in [9.17, 15) is 9.18 Å². The van der Waals surface area contributed by atoms with Gasteiger partial charge in [0.05, 0.1) is 0 Å². The molecule has 0 aliphatic carbocycles. The molecule has 1 aliphatic rings. The highest BCUT2D eigenvalue weighted by Gasteiger charge is 2.35. The van der Waals surface area contributed by atoms with Crippen molar-refractivity contribution >= 4 is 6.03 Å². The van der Waals surface area contributed by atoms with Crippen LogP contribution in [0.2, 0.25) is 0 Å². The molecule has 2 heterocycles. The lowest BCUT2D eigenvalue weighted by molar-refractivity contribution is 0.0506. The molecule has 8 heteroatoms. The van der Waals surface area contributed by atoms with Crippen LogP contribution in [0.1, 0.15) is 24.0 Å². The SMILES string of the molecule is O=C(NCc1cccc(-c2ncn[nH]2)c1)NCC1(c2cccc(F)c2)CCOCC1. The number of carbonyl (C=O) groups excluding carboxylic acids is 1. The Bertz CT molecular complexity index is 987. The predicted molar refractivity (Wildman–Crippen MR) is 110 cm³/mol. The molecule has 3 N–H and O–H groups in total. The third kappa shape index (κ3) is 4.65. The van der Waals surface area contributed by atoms with Crippen LogP contribution in [0, 0.1) is 5.82 Å². The van der Waals surface area contributed by atoms with Gasteiger partial charge in [0.2, 0.25) is 0 Å². The highest BCUT2D eigenvalue weighted by atomic mass is 19.1. The average molecular weight is 409 g/mol. The molecule has 1 aliphatic heterocycles. The normalized spacial score (nSPS) is 15.5. The number of aromatic amines is 1. The van der Waals surface area contributed by atoms with Crippen molar-refractivity contribution in [3.05, 3.63) is 71.8 Å². The van der Waals surface area contributed by atoms with Crippen molar-refractivity contribution < 1.29 is 13.9 Å². The zero-order valence-electron chi connectivity index (χ0n) is 16.5. The number of nitrogens with one attached hydrogen (secondary N) is 3. The molecule has 0 radical (unpaired) electrons. The molecule has 2 aromatic carbocycles. The highest BCUT2D eigenvalue weighted by molar-refractivity contribution is 5.74. The maximum atomic E-state index is 13.8. The third-order valence-corrected chi connectivity index (χ3v) is 5.54. The number of H-pyrrole nitrogens is 1. The van der Waals surface area contributed by atoms with E-state index in [2.05, 4.69) is 25.8 Å². The topological polar surface area (TPSA) is 91.9 Å². The fourth-order valence-corrected chi connectivity index (χ4v) is 3.82. The van der Waals surface area contributed by atoms with Gasteiger partial charge in [0, 0.05) is 37.3 Å². The Morgan fingerprint density at radius 1 is 1.13 bits per heavy atom. The molecule has 1 saturated heterocycles. The van der Waals surface area contributed by atoms with Crippen molar-refractivity contribution in [1.29, 1.82) is 0 Å².